The van der Waals surface area contributed by atoms with Gasteiger partial charge in [0.25, 0.3) is 0 Å². The van der Waals surface area contributed by atoms with E-state index in [2.05, 4.69) is 4.98 Å². The quantitative estimate of drug-likeness (QED) is 0.809. The zero-order chi connectivity index (χ0) is 15.9. The summed E-state index contributed by atoms with van der Waals surface area (Å²) in [4.78, 5) is 15.2. The number of carboxylic acid groups (broad SMARTS) is 1. The van der Waals surface area contributed by atoms with Gasteiger partial charge in [-0.1, -0.05) is 30.3 Å². The summed E-state index contributed by atoms with van der Waals surface area (Å²) >= 11 is 0. The lowest BCUT2D eigenvalue weighted by Gasteiger charge is -2.14. The highest BCUT2D eigenvalue weighted by Gasteiger charge is 2.15. The molecule has 22 heavy (non-hydrogen) atoms. The summed E-state index contributed by atoms with van der Waals surface area (Å²) in [6.45, 7) is 0.198. The summed E-state index contributed by atoms with van der Waals surface area (Å²) in [6, 6.07) is 10.9. The molecular weight excluding hydrogens is 284 g/mol. The number of rotatable bonds is 7. The van der Waals surface area contributed by atoms with Crippen LogP contribution in [0.15, 0.2) is 42.6 Å². The fourth-order valence-electron chi connectivity index (χ4n) is 1.99. The Hall–Kier alpha value is -2.60. The third-order valence-electron chi connectivity index (χ3n) is 3.08. The average Bonchev–Trinajstić information content (AvgIpc) is 2.53. The highest BCUT2D eigenvalue weighted by Crippen LogP contribution is 2.21. The van der Waals surface area contributed by atoms with Gasteiger partial charge in [-0.2, -0.15) is 0 Å². The van der Waals surface area contributed by atoms with Crippen LogP contribution in [0.4, 0.5) is 0 Å². The molecule has 0 radical (unpaired) electrons. The molecule has 1 aromatic carbocycles. The maximum atomic E-state index is 11.2. The highest BCUT2D eigenvalue weighted by atomic mass is 16.5. The number of aromatic carboxylic acids is 1. The normalized spacial score (nSPS) is 11.7. The van der Waals surface area contributed by atoms with Crippen molar-refractivity contribution in [1.29, 1.82) is 0 Å². The number of aromatic nitrogens is 1. The molecule has 116 valence electrons. The Morgan fingerprint density at radius 3 is 2.73 bits per heavy atom. The standard InChI is InChI=1S/C16H18N2O4/c1-21-15-8-13(16(19)20)14(9-18-15)22-10-12(17)7-11-5-3-2-4-6-11/h2-6,8-9,12H,7,10,17H2,1H3,(H,19,20)/t12-/m1/s1. The molecule has 0 saturated heterocycles. The first-order valence-electron chi connectivity index (χ1n) is 6.79. The third-order valence-corrected chi connectivity index (χ3v) is 3.08. The van der Waals surface area contributed by atoms with Crippen LogP contribution >= 0.6 is 0 Å². The van der Waals surface area contributed by atoms with E-state index in [0.717, 1.165) is 5.56 Å². The number of carboxylic acids is 1. The Balaban J connectivity index is 2.00. The Morgan fingerprint density at radius 2 is 2.09 bits per heavy atom. The summed E-state index contributed by atoms with van der Waals surface area (Å²) in [5.41, 5.74) is 7.12. The molecule has 0 spiro atoms. The maximum absolute atomic E-state index is 11.2. The van der Waals surface area contributed by atoms with Gasteiger partial charge in [-0.25, -0.2) is 9.78 Å². The van der Waals surface area contributed by atoms with E-state index in [0.29, 0.717) is 6.42 Å². The molecule has 1 atom stereocenters. The van der Waals surface area contributed by atoms with Gasteiger partial charge in [-0.15, -0.1) is 0 Å². The topological polar surface area (TPSA) is 94.7 Å². The highest BCUT2D eigenvalue weighted by molar-refractivity contribution is 5.91. The van der Waals surface area contributed by atoms with Crippen LogP contribution in [0.1, 0.15) is 15.9 Å². The number of hydrogen-bond donors (Lipinski definition) is 2. The van der Waals surface area contributed by atoms with Crippen LogP contribution in [-0.2, 0) is 6.42 Å². The van der Waals surface area contributed by atoms with E-state index in [9.17, 15) is 9.90 Å². The number of hydrogen-bond acceptors (Lipinski definition) is 5. The minimum atomic E-state index is -1.10. The van der Waals surface area contributed by atoms with Crippen molar-refractivity contribution >= 4 is 5.97 Å². The second-order valence-electron chi connectivity index (χ2n) is 4.79. The molecule has 6 nitrogen and oxygen atoms in total. The minimum absolute atomic E-state index is 0.00115. The summed E-state index contributed by atoms with van der Waals surface area (Å²) in [5.74, 6) is -0.706. The van der Waals surface area contributed by atoms with Gasteiger partial charge in [-0.3, -0.25) is 0 Å². The lowest BCUT2D eigenvalue weighted by Crippen LogP contribution is -2.30. The molecule has 0 aliphatic heterocycles. The van der Waals surface area contributed by atoms with Crippen molar-refractivity contribution < 1.29 is 19.4 Å². The summed E-state index contributed by atoms with van der Waals surface area (Å²) < 4.78 is 10.4. The van der Waals surface area contributed by atoms with E-state index in [4.69, 9.17) is 15.2 Å². The summed E-state index contributed by atoms with van der Waals surface area (Å²) in [7, 11) is 1.42. The van der Waals surface area contributed by atoms with E-state index in [1.807, 2.05) is 30.3 Å². The van der Waals surface area contributed by atoms with Crippen LogP contribution in [0.25, 0.3) is 0 Å². The number of pyridine rings is 1. The minimum Gasteiger partial charge on any atom is -0.489 e. The number of carbonyl (C=O) groups is 1. The molecule has 6 heteroatoms. The first-order valence-corrected chi connectivity index (χ1v) is 6.79. The number of nitrogens with zero attached hydrogens (tertiary/aromatic N) is 1. The molecular formula is C16H18N2O4. The van der Waals surface area contributed by atoms with Crippen molar-refractivity contribution in [2.75, 3.05) is 13.7 Å². The second-order valence-corrected chi connectivity index (χ2v) is 4.79. The fraction of sp³-hybridized carbons (Fsp3) is 0.250. The Kier molecular flexibility index (Phi) is 5.32. The molecule has 2 rings (SSSR count). The molecule has 0 bridgehead atoms. The lowest BCUT2D eigenvalue weighted by atomic mass is 10.1. The monoisotopic (exact) mass is 302 g/mol. The molecule has 0 fully saturated rings. The van der Waals surface area contributed by atoms with Crippen LogP contribution in [0.3, 0.4) is 0 Å². The number of methoxy groups -OCH3 is 1. The van der Waals surface area contributed by atoms with Gasteiger partial charge >= 0.3 is 5.97 Å². The van der Waals surface area contributed by atoms with Gasteiger partial charge in [0.2, 0.25) is 5.88 Å². The van der Waals surface area contributed by atoms with Gasteiger partial charge in [0.05, 0.1) is 13.3 Å². The number of benzene rings is 1. The molecule has 0 amide bonds. The molecule has 2 aromatic rings. The maximum Gasteiger partial charge on any atom is 0.339 e. The van der Waals surface area contributed by atoms with E-state index >= 15 is 0 Å². The molecule has 0 aliphatic carbocycles. The van der Waals surface area contributed by atoms with Crippen LogP contribution in [-0.4, -0.2) is 35.8 Å². The molecule has 0 unspecified atom stereocenters. The lowest BCUT2D eigenvalue weighted by molar-refractivity contribution is 0.0691. The molecule has 0 saturated carbocycles. The molecule has 1 aromatic heterocycles. The van der Waals surface area contributed by atoms with Gasteiger partial charge in [0.1, 0.15) is 12.2 Å². The van der Waals surface area contributed by atoms with Crippen molar-refractivity contribution in [2.24, 2.45) is 5.73 Å². The van der Waals surface area contributed by atoms with E-state index in [1.54, 1.807) is 0 Å². The first kappa shape index (κ1) is 15.8. The predicted molar refractivity (Wildman–Crippen MR) is 81.4 cm³/mol. The van der Waals surface area contributed by atoms with Crippen LogP contribution in [0.2, 0.25) is 0 Å². The predicted octanol–water partition coefficient (Wildman–Crippen LogP) is 1.74. The SMILES string of the molecule is COc1cc(C(=O)O)c(OC[C@H](N)Cc2ccccc2)cn1. The Morgan fingerprint density at radius 1 is 1.36 bits per heavy atom. The van der Waals surface area contributed by atoms with Crippen LogP contribution < -0.4 is 15.2 Å². The third kappa shape index (κ3) is 4.20. The Labute approximate surface area is 128 Å². The zero-order valence-corrected chi connectivity index (χ0v) is 12.2. The largest absolute Gasteiger partial charge is 0.489 e. The van der Waals surface area contributed by atoms with E-state index < -0.39 is 5.97 Å². The second kappa shape index (κ2) is 7.42. The van der Waals surface area contributed by atoms with Gasteiger partial charge in [-0.05, 0) is 12.0 Å². The first-order chi connectivity index (χ1) is 10.6. The van der Waals surface area contributed by atoms with Crippen molar-refractivity contribution in [3.63, 3.8) is 0 Å². The Bertz CT molecular complexity index is 631. The fourth-order valence-corrected chi connectivity index (χ4v) is 1.99. The van der Waals surface area contributed by atoms with E-state index in [-0.39, 0.29) is 29.8 Å². The number of nitrogens with two attached hydrogens (primary N) is 1. The van der Waals surface area contributed by atoms with Gasteiger partial charge in [0.15, 0.2) is 5.75 Å². The van der Waals surface area contributed by atoms with Crippen molar-refractivity contribution in [2.45, 2.75) is 12.5 Å². The summed E-state index contributed by atoms with van der Waals surface area (Å²) in [5, 5.41) is 9.19. The van der Waals surface area contributed by atoms with Crippen molar-refractivity contribution in [1.82, 2.24) is 4.98 Å². The average molecular weight is 302 g/mol. The van der Waals surface area contributed by atoms with Crippen molar-refractivity contribution in [3.8, 4) is 11.6 Å². The van der Waals surface area contributed by atoms with Crippen LogP contribution in [0, 0.1) is 0 Å². The van der Waals surface area contributed by atoms with Gasteiger partial charge < -0.3 is 20.3 Å². The zero-order valence-electron chi connectivity index (χ0n) is 12.2. The van der Waals surface area contributed by atoms with Crippen molar-refractivity contribution in [3.05, 3.63) is 53.7 Å². The smallest absolute Gasteiger partial charge is 0.339 e. The van der Waals surface area contributed by atoms with Gasteiger partial charge in [0, 0.05) is 12.1 Å². The summed E-state index contributed by atoms with van der Waals surface area (Å²) in [6.07, 6.45) is 1.98. The molecule has 3 N–H and O–H groups in total. The van der Waals surface area contributed by atoms with E-state index in [1.165, 1.54) is 19.4 Å². The molecule has 0 aliphatic rings. The van der Waals surface area contributed by atoms with Crippen LogP contribution in [0.5, 0.6) is 11.6 Å². The number of ether oxygens (including phenoxy) is 2. The molecule has 1 heterocycles.